The van der Waals surface area contributed by atoms with Gasteiger partial charge in [-0.25, -0.2) is 0 Å². The van der Waals surface area contributed by atoms with Gasteiger partial charge in [0, 0.05) is 30.7 Å². The Hall–Kier alpha value is -2.63. The van der Waals surface area contributed by atoms with Crippen LogP contribution in [0.2, 0.25) is 0 Å². The van der Waals surface area contributed by atoms with E-state index in [9.17, 15) is 4.79 Å². The molecule has 3 rings (SSSR count). The van der Waals surface area contributed by atoms with Gasteiger partial charge in [0.05, 0.1) is 6.54 Å². The molecule has 0 saturated carbocycles. The predicted octanol–water partition coefficient (Wildman–Crippen LogP) is 2.39. The number of carbonyl (C=O) groups excluding carboxylic acids is 1. The van der Waals surface area contributed by atoms with Gasteiger partial charge in [0.2, 0.25) is 5.89 Å². The Morgan fingerprint density at radius 2 is 2.24 bits per heavy atom. The minimum Gasteiger partial charge on any atom is -0.361 e. The molecular weight excluding hydrogens is 268 g/mol. The summed E-state index contributed by atoms with van der Waals surface area (Å²) >= 11 is 0. The fourth-order valence-corrected chi connectivity index (χ4v) is 2.17. The lowest BCUT2D eigenvalue weighted by Gasteiger charge is -2.14. The predicted molar refractivity (Wildman–Crippen MR) is 77.8 cm³/mol. The number of carbonyl (C=O) groups is 1. The summed E-state index contributed by atoms with van der Waals surface area (Å²) in [5.74, 6) is 1.02. The topological polar surface area (TPSA) is 75.0 Å². The van der Waals surface area contributed by atoms with Crippen molar-refractivity contribution < 1.29 is 9.32 Å². The van der Waals surface area contributed by atoms with E-state index < -0.39 is 0 Å². The molecule has 0 bridgehead atoms. The molecule has 2 heterocycles. The Bertz CT molecular complexity index is 775. The van der Waals surface area contributed by atoms with E-state index >= 15 is 0 Å². The molecule has 0 aliphatic heterocycles. The molecule has 6 heteroatoms. The molecule has 0 spiro atoms. The number of aryl methyl sites for hydroxylation is 1. The maximum absolute atomic E-state index is 12.4. The van der Waals surface area contributed by atoms with E-state index in [4.69, 9.17) is 4.52 Å². The number of amides is 1. The molecule has 0 radical (unpaired) electrons. The normalized spacial score (nSPS) is 11.0. The van der Waals surface area contributed by atoms with Gasteiger partial charge >= 0.3 is 0 Å². The summed E-state index contributed by atoms with van der Waals surface area (Å²) in [4.78, 5) is 21.3. The zero-order chi connectivity index (χ0) is 14.8. The summed E-state index contributed by atoms with van der Waals surface area (Å²) in [6, 6.07) is 7.56. The zero-order valence-electron chi connectivity index (χ0n) is 12.0. The standard InChI is InChI=1S/C15H16N4O2/c1-3-13-17-14(21-18-13)9-19(2)15(20)11-5-4-10-6-7-16-12(10)8-11/h4-8,16H,3,9H2,1-2H3. The minimum absolute atomic E-state index is 0.0808. The second-order valence-corrected chi connectivity index (χ2v) is 4.90. The Balaban J connectivity index is 1.76. The van der Waals surface area contributed by atoms with Gasteiger partial charge < -0.3 is 14.4 Å². The lowest BCUT2D eigenvalue weighted by molar-refractivity contribution is 0.0769. The van der Waals surface area contributed by atoms with E-state index in [1.54, 1.807) is 11.9 Å². The van der Waals surface area contributed by atoms with Crippen molar-refractivity contribution in [3.63, 3.8) is 0 Å². The van der Waals surface area contributed by atoms with Crippen LogP contribution in [0.25, 0.3) is 10.9 Å². The molecule has 0 atom stereocenters. The Morgan fingerprint density at radius 3 is 3.00 bits per heavy atom. The van der Waals surface area contributed by atoms with E-state index in [2.05, 4.69) is 15.1 Å². The molecule has 0 unspecified atom stereocenters. The summed E-state index contributed by atoms with van der Waals surface area (Å²) < 4.78 is 5.11. The highest BCUT2D eigenvalue weighted by Gasteiger charge is 2.15. The highest BCUT2D eigenvalue weighted by molar-refractivity contribution is 5.97. The summed E-state index contributed by atoms with van der Waals surface area (Å²) in [5, 5.41) is 4.91. The summed E-state index contributed by atoms with van der Waals surface area (Å²) in [6.07, 6.45) is 2.57. The van der Waals surface area contributed by atoms with Crippen LogP contribution < -0.4 is 0 Å². The van der Waals surface area contributed by atoms with Crippen LogP contribution in [0.15, 0.2) is 35.0 Å². The molecule has 0 fully saturated rings. The van der Waals surface area contributed by atoms with Crippen LogP contribution in [-0.2, 0) is 13.0 Å². The maximum Gasteiger partial charge on any atom is 0.254 e. The van der Waals surface area contributed by atoms with Gasteiger partial charge in [0.1, 0.15) is 0 Å². The van der Waals surface area contributed by atoms with Gasteiger partial charge in [0.15, 0.2) is 5.82 Å². The molecular formula is C15H16N4O2. The highest BCUT2D eigenvalue weighted by atomic mass is 16.5. The van der Waals surface area contributed by atoms with Gasteiger partial charge in [-0.05, 0) is 23.6 Å². The van der Waals surface area contributed by atoms with Crippen LogP contribution >= 0.6 is 0 Å². The highest BCUT2D eigenvalue weighted by Crippen LogP contribution is 2.16. The summed E-state index contributed by atoms with van der Waals surface area (Å²) in [6.45, 7) is 2.25. The van der Waals surface area contributed by atoms with Crippen LogP contribution in [0.3, 0.4) is 0 Å². The average molecular weight is 284 g/mol. The van der Waals surface area contributed by atoms with Crippen molar-refractivity contribution >= 4 is 16.8 Å². The molecule has 6 nitrogen and oxygen atoms in total. The molecule has 1 amide bonds. The maximum atomic E-state index is 12.4. The molecule has 3 aromatic rings. The third kappa shape index (κ3) is 2.65. The third-order valence-electron chi connectivity index (χ3n) is 3.35. The molecule has 0 aliphatic carbocycles. The van der Waals surface area contributed by atoms with E-state index in [0.717, 1.165) is 10.9 Å². The third-order valence-corrected chi connectivity index (χ3v) is 3.35. The smallest absolute Gasteiger partial charge is 0.254 e. The summed E-state index contributed by atoms with van der Waals surface area (Å²) in [7, 11) is 1.72. The monoisotopic (exact) mass is 284 g/mol. The van der Waals surface area contributed by atoms with Crippen molar-refractivity contribution in [2.45, 2.75) is 19.9 Å². The summed E-state index contributed by atoms with van der Waals surface area (Å²) in [5.41, 5.74) is 1.57. The van der Waals surface area contributed by atoms with Crippen LogP contribution in [0.5, 0.6) is 0 Å². The number of fused-ring (bicyclic) bond motifs is 1. The van der Waals surface area contributed by atoms with Gasteiger partial charge in [0.25, 0.3) is 5.91 Å². The molecule has 1 aromatic carbocycles. The second kappa shape index (κ2) is 5.40. The Kier molecular flexibility index (Phi) is 3.43. The molecule has 21 heavy (non-hydrogen) atoms. The second-order valence-electron chi connectivity index (χ2n) is 4.90. The zero-order valence-corrected chi connectivity index (χ0v) is 12.0. The molecule has 1 N–H and O–H groups in total. The number of benzene rings is 1. The first kappa shape index (κ1) is 13.4. The van der Waals surface area contributed by atoms with Gasteiger partial charge in [-0.15, -0.1) is 0 Å². The quantitative estimate of drug-likeness (QED) is 0.798. The fourth-order valence-electron chi connectivity index (χ4n) is 2.17. The fraction of sp³-hybridized carbons (Fsp3) is 0.267. The number of aromatic nitrogens is 3. The van der Waals surface area contributed by atoms with Crippen LogP contribution in [0, 0.1) is 0 Å². The van der Waals surface area contributed by atoms with Gasteiger partial charge in [-0.3, -0.25) is 4.79 Å². The van der Waals surface area contributed by atoms with Crippen LogP contribution in [0.4, 0.5) is 0 Å². The Labute approximate surface area is 121 Å². The van der Waals surface area contributed by atoms with Gasteiger partial charge in [-0.2, -0.15) is 4.98 Å². The SMILES string of the molecule is CCc1noc(CN(C)C(=O)c2ccc3cc[nH]c3c2)n1. The number of rotatable bonds is 4. The molecule has 108 valence electrons. The lowest BCUT2D eigenvalue weighted by atomic mass is 10.1. The largest absolute Gasteiger partial charge is 0.361 e. The van der Waals surface area contributed by atoms with Crippen molar-refractivity contribution in [3.05, 3.63) is 47.7 Å². The number of hydrogen-bond donors (Lipinski definition) is 1. The molecule has 2 aromatic heterocycles. The van der Waals surface area contributed by atoms with Crippen LogP contribution in [-0.4, -0.2) is 33.0 Å². The average Bonchev–Trinajstić information content (AvgIpc) is 3.13. The van der Waals surface area contributed by atoms with Crippen molar-refractivity contribution in [1.82, 2.24) is 20.0 Å². The minimum atomic E-state index is -0.0808. The van der Waals surface area contributed by atoms with E-state index in [1.165, 1.54) is 0 Å². The molecule has 0 saturated heterocycles. The number of nitrogens with zero attached hydrogens (tertiary/aromatic N) is 3. The number of hydrogen-bond acceptors (Lipinski definition) is 4. The van der Waals surface area contributed by atoms with E-state index in [1.807, 2.05) is 37.4 Å². The molecule has 0 aliphatic rings. The van der Waals surface area contributed by atoms with Crippen molar-refractivity contribution in [1.29, 1.82) is 0 Å². The van der Waals surface area contributed by atoms with Crippen molar-refractivity contribution in [2.24, 2.45) is 0 Å². The number of aromatic amines is 1. The first-order valence-electron chi connectivity index (χ1n) is 6.81. The number of nitrogens with one attached hydrogen (secondary N) is 1. The number of H-pyrrole nitrogens is 1. The van der Waals surface area contributed by atoms with Crippen molar-refractivity contribution in [3.8, 4) is 0 Å². The lowest BCUT2D eigenvalue weighted by Crippen LogP contribution is -2.26. The Morgan fingerprint density at radius 1 is 1.38 bits per heavy atom. The van der Waals surface area contributed by atoms with Gasteiger partial charge in [-0.1, -0.05) is 18.1 Å². The van der Waals surface area contributed by atoms with E-state index in [-0.39, 0.29) is 5.91 Å². The first-order valence-corrected chi connectivity index (χ1v) is 6.81. The van der Waals surface area contributed by atoms with Crippen molar-refractivity contribution in [2.75, 3.05) is 7.05 Å². The first-order chi connectivity index (χ1) is 10.2. The van der Waals surface area contributed by atoms with E-state index in [0.29, 0.717) is 30.2 Å². The van der Waals surface area contributed by atoms with Crippen LogP contribution in [0.1, 0.15) is 29.0 Å².